The van der Waals surface area contributed by atoms with E-state index < -0.39 is 0 Å². The molecule has 56 valence electrons. The number of hydrazine groups is 2. The fourth-order valence-electron chi connectivity index (χ4n) is 0.370. The minimum absolute atomic E-state index is 0.250. The van der Waals surface area contributed by atoms with Crippen LogP contribution in [0.2, 0.25) is 0 Å². The Hall–Kier alpha value is -1.49. The Labute approximate surface area is 58.4 Å². The first-order valence-corrected chi connectivity index (χ1v) is 2.52. The van der Waals surface area contributed by atoms with E-state index in [4.69, 9.17) is 15.7 Å². The molecule has 0 radical (unpaired) electrons. The summed E-state index contributed by atoms with van der Waals surface area (Å²) >= 11 is 0. The molecule has 0 aliphatic carbocycles. The zero-order valence-electron chi connectivity index (χ0n) is 5.27. The van der Waals surface area contributed by atoms with Crippen molar-refractivity contribution in [2.45, 2.75) is 0 Å². The van der Waals surface area contributed by atoms with Crippen LogP contribution < -0.4 is 11.3 Å². The van der Waals surface area contributed by atoms with Gasteiger partial charge in [-0.3, -0.25) is 10.2 Å². The SMILES string of the molecule is NN1C=CC=CN1.O=CO. The quantitative estimate of drug-likeness (QED) is 0.312. The van der Waals surface area contributed by atoms with E-state index in [0.29, 0.717) is 0 Å². The molecule has 0 saturated heterocycles. The lowest BCUT2D eigenvalue weighted by Gasteiger charge is -2.13. The minimum atomic E-state index is -0.250. The summed E-state index contributed by atoms with van der Waals surface area (Å²) in [6.07, 6.45) is 7.18. The highest BCUT2D eigenvalue weighted by atomic mass is 16.3. The molecular formula is C5H9N3O2. The summed E-state index contributed by atoms with van der Waals surface area (Å²) in [6.45, 7) is -0.250. The van der Waals surface area contributed by atoms with Crippen LogP contribution in [0.4, 0.5) is 0 Å². The molecule has 0 fully saturated rings. The molecule has 0 saturated carbocycles. The Morgan fingerprint density at radius 1 is 1.60 bits per heavy atom. The third-order valence-corrected chi connectivity index (χ3v) is 0.678. The summed E-state index contributed by atoms with van der Waals surface area (Å²) in [7, 11) is 0. The predicted molar refractivity (Wildman–Crippen MR) is 36.1 cm³/mol. The van der Waals surface area contributed by atoms with Crippen LogP contribution in [-0.2, 0) is 4.79 Å². The Kier molecular flexibility index (Phi) is 4.80. The van der Waals surface area contributed by atoms with Crippen LogP contribution in [-0.4, -0.2) is 16.7 Å². The van der Waals surface area contributed by atoms with Crippen molar-refractivity contribution in [3.05, 3.63) is 24.6 Å². The number of nitrogens with two attached hydrogens (primary N) is 1. The third kappa shape index (κ3) is 4.66. The van der Waals surface area contributed by atoms with Gasteiger partial charge in [-0.25, -0.2) is 11.0 Å². The first-order valence-electron chi connectivity index (χ1n) is 2.52. The van der Waals surface area contributed by atoms with Crippen molar-refractivity contribution in [3.8, 4) is 0 Å². The smallest absolute Gasteiger partial charge is 0.290 e. The monoisotopic (exact) mass is 143 g/mol. The van der Waals surface area contributed by atoms with Gasteiger partial charge < -0.3 is 5.11 Å². The van der Waals surface area contributed by atoms with Crippen LogP contribution in [0.3, 0.4) is 0 Å². The number of allylic oxidation sites excluding steroid dienone is 2. The maximum absolute atomic E-state index is 8.36. The molecule has 1 aliphatic rings. The molecule has 1 heterocycles. The molecule has 5 heteroatoms. The Balaban J connectivity index is 0.000000236. The Morgan fingerprint density at radius 2 is 2.20 bits per heavy atom. The predicted octanol–water partition coefficient (Wildman–Crippen LogP) is -0.592. The maximum atomic E-state index is 8.36. The molecule has 0 aromatic heterocycles. The van der Waals surface area contributed by atoms with Gasteiger partial charge in [0.1, 0.15) is 0 Å². The highest BCUT2D eigenvalue weighted by molar-refractivity contribution is 5.32. The zero-order valence-corrected chi connectivity index (χ0v) is 5.27. The van der Waals surface area contributed by atoms with E-state index in [9.17, 15) is 0 Å². The fraction of sp³-hybridized carbons (Fsp3) is 0. The van der Waals surface area contributed by atoms with Crippen LogP contribution in [0.5, 0.6) is 0 Å². The van der Waals surface area contributed by atoms with Gasteiger partial charge in [-0.1, -0.05) is 0 Å². The van der Waals surface area contributed by atoms with Gasteiger partial charge in [0.15, 0.2) is 0 Å². The van der Waals surface area contributed by atoms with E-state index in [1.54, 1.807) is 12.4 Å². The van der Waals surface area contributed by atoms with Crippen LogP contribution in [0.1, 0.15) is 0 Å². The van der Waals surface area contributed by atoms with Gasteiger partial charge in [0.2, 0.25) is 0 Å². The highest BCUT2D eigenvalue weighted by Gasteiger charge is 1.83. The summed E-state index contributed by atoms with van der Waals surface area (Å²) in [5.41, 5.74) is 2.73. The van der Waals surface area contributed by atoms with Crippen molar-refractivity contribution < 1.29 is 9.90 Å². The number of hydrogen-bond acceptors (Lipinski definition) is 4. The van der Waals surface area contributed by atoms with Gasteiger partial charge in [0, 0.05) is 12.4 Å². The molecule has 0 bridgehead atoms. The first kappa shape index (κ1) is 8.51. The molecule has 0 unspecified atom stereocenters. The van der Waals surface area contributed by atoms with Crippen molar-refractivity contribution in [1.82, 2.24) is 10.5 Å². The number of carboxylic acid groups (broad SMARTS) is 1. The number of carbonyl (C=O) groups is 1. The van der Waals surface area contributed by atoms with Gasteiger partial charge in [0.25, 0.3) is 6.47 Å². The lowest BCUT2D eigenvalue weighted by atomic mass is 10.5. The van der Waals surface area contributed by atoms with Crippen LogP contribution in [0.25, 0.3) is 0 Å². The van der Waals surface area contributed by atoms with Crippen molar-refractivity contribution in [2.24, 2.45) is 5.84 Å². The van der Waals surface area contributed by atoms with E-state index in [1.165, 1.54) is 5.12 Å². The first-order chi connectivity index (χ1) is 4.81. The van der Waals surface area contributed by atoms with Crippen molar-refractivity contribution in [1.29, 1.82) is 0 Å². The van der Waals surface area contributed by atoms with Gasteiger partial charge >= 0.3 is 0 Å². The lowest BCUT2D eigenvalue weighted by Crippen LogP contribution is -2.36. The summed E-state index contributed by atoms with van der Waals surface area (Å²) in [6, 6.07) is 0. The topological polar surface area (TPSA) is 78.6 Å². The standard InChI is InChI=1S/C4H7N3.CH2O2/c5-7-4-2-1-3-6-7;2-1-3/h1-4,6H,5H2;1H,(H,2,3). The Morgan fingerprint density at radius 3 is 2.40 bits per heavy atom. The summed E-state index contributed by atoms with van der Waals surface area (Å²) < 4.78 is 0. The highest BCUT2D eigenvalue weighted by Crippen LogP contribution is 1.82. The van der Waals surface area contributed by atoms with E-state index in [0.717, 1.165) is 0 Å². The summed E-state index contributed by atoms with van der Waals surface area (Å²) in [4.78, 5) is 8.36. The lowest BCUT2D eigenvalue weighted by molar-refractivity contribution is -0.122. The average Bonchev–Trinajstić information content (AvgIpc) is 1.91. The van der Waals surface area contributed by atoms with E-state index in [2.05, 4.69) is 5.43 Å². The van der Waals surface area contributed by atoms with Gasteiger partial charge in [-0.15, -0.1) is 0 Å². The second-order valence-corrected chi connectivity index (χ2v) is 1.34. The average molecular weight is 143 g/mol. The molecule has 4 N–H and O–H groups in total. The number of rotatable bonds is 0. The zero-order chi connectivity index (χ0) is 7.82. The largest absolute Gasteiger partial charge is 0.483 e. The van der Waals surface area contributed by atoms with Crippen molar-refractivity contribution in [3.63, 3.8) is 0 Å². The fourth-order valence-corrected chi connectivity index (χ4v) is 0.370. The molecule has 0 atom stereocenters. The molecule has 0 aromatic rings. The van der Waals surface area contributed by atoms with E-state index >= 15 is 0 Å². The molecule has 10 heavy (non-hydrogen) atoms. The van der Waals surface area contributed by atoms with Gasteiger partial charge in [-0.2, -0.15) is 0 Å². The number of nitrogens with one attached hydrogen (secondary N) is 1. The van der Waals surface area contributed by atoms with Gasteiger partial charge in [-0.05, 0) is 12.2 Å². The third-order valence-electron chi connectivity index (χ3n) is 0.678. The normalized spacial score (nSPS) is 13.1. The Bertz CT molecular complexity index is 144. The second-order valence-electron chi connectivity index (χ2n) is 1.34. The van der Waals surface area contributed by atoms with Crippen LogP contribution in [0.15, 0.2) is 24.6 Å². The molecule has 0 spiro atoms. The molecular weight excluding hydrogens is 134 g/mol. The molecule has 0 aromatic carbocycles. The number of hydrogen-bond donors (Lipinski definition) is 3. The van der Waals surface area contributed by atoms with Crippen LogP contribution >= 0.6 is 0 Å². The van der Waals surface area contributed by atoms with E-state index in [1.807, 2.05) is 12.2 Å². The molecule has 0 amide bonds. The second kappa shape index (κ2) is 5.64. The van der Waals surface area contributed by atoms with Gasteiger partial charge in [0.05, 0.1) is 0 Å². The molecule has 5 nitrogen and oxygen atoms in total. The molecule has 1 aliphatic heterocycles. The number of nitrogens with zero attached hydrogens (tertiary/aromatic N) is 1. The van der Waals surface area contributed by atoms with Crippen LogP contribution in [0, 0.1) is 0 Å². The van der Waals surface area contributed by atoms with E-state index in [-0.39, 0.29) is 6.47 Å². The summed E-state index contributed by atoms with van der Waals surface area (Å²) in [5.74, 6) is 5.22. The van der Waals surface area contributed by atoms with Crippen molar-refractivity contribution in [2.75, 3.05) is 0 Å². The molecule has 1 rings (SSSR count). The van der Waals surface area contributed by atoms with Crippen molar-refractivity contribution >= 4 is 6.47 Å². The summed E-state index contributed by atoms with van der Waals surface area (Å²) in [5, 5.41) is 8.26. The maximum Gasteiger partial charge on any atom is 0.290 e. The minimum Gasteiger partial charge on any atom is -0.483 e.